The zero-order valence-electron chi connectivity index (χ0n) is 17.6. The predicted octanol–water partition coefficient (Wildman–Crippen LogP) is 3.13. The number of carbonyl (C=O) groups excluding carboxylic acids is 1. The highest BCUT2D eigenvalue weighted by Gasteiger charge is 2.12. The summed E-state index contributed by atoms with van der Waals surface area (Å²) < 4.78 is 2.89. The summed E-state index contributed by atoms with van der Waals surface area (Å²) in [7, 11) is 5.48. The van der Waals surface area contributed by atoms with Gasteiger partial charge in [0.25, 0.3) is 0 Å². The molecule has 9 heteroatoms. The van der Waals surface area contributed by atoms with Crippen LogP contribution in [0, 0.1) is 13.8 Å². The Morgan fingerprint density at radius 1 is 1.28 bits per heavy atom. The lowest BCUT2D eigenvalue weighted by Crippen LogP contribution is -2.39. The van der Waals surface area contributed by atoms with E-state index < -0.39 is 0 Å². The Kier molecular flexibility index (Phi) is 10.7. The van der Waals surface area contributed by atoms with Crippen LogP contribution in [-0.2, 0) is 24.9 Å². The van der Waals surface area contributed by atoms with E-state index in [0.717, 1.165) is 27.0 Å². The first-order chi connectivity index (χ1) is 13.3. The first-order valence-electron chi connectivity index (χ1n) is 9.24. The largest absolute Gasteiger partial charge is 0.356 e. The van der Waals surface area contributed by atoms with Gasteiger partial charge in [0.2, 0.25) is 5.91 Å². The lowest BCUT2D eigenvalue weighted by atomic mass is 10.2. The van der Waals surface area contributed by atoms with E-state index in [4.69, 9.17) is 0 Å². The van der Waals surface area contributed by atoms with E-state index in [9.17, 15) is 4.79 Å². The van der Waals surface area contributed by atoms with E-state index in [1.165, 1.54) is 0 Å². The number of amides is 1. The Bertz CT molecular complexity index is 851. The number of benzene rings is 1. The molecule has 1 aromatic carbocycles. The molecule has 2 rings (SSSR count). The Morgan fingerprint density at radius 3 is 2.55 bits per heavy atom. The first-order valence-corrected chi connectivity index (χ1v) is 10.0. The molecule has 0 unspecified atom stereocenters. The molecule has 1 amide bonds. The molecule has 0 bridgehead atoms. The third-order valence-electron chi connectivity index (χ3n) is 4.74. The molecular formula is C20H30BrIN6O. The monoisotopic (exact) mass is 576 g/mol. The van der Waals surface area contributed by atoms with Crippen LogP contribution in [0.5, 0.6) is 0 Å². The van der Waals surface area contributed by atoms with E-state index in [2.05, 4.69) is 36.7 Å². The molecule has 0 fully saturated rings. The first kappa shape index (κ1) is 25.4. The number of hydrogen-bond acceptors (Lipinski definition) is 3. The van der Waals surface area contributed by atoms with Gasteiger partial charge in [-0.05, 0) is 25.5 Å². The molecule has 160 valence electrons. The summed E-state index contributed by atoms with van der Waals surface area (Å²) in [6, 6.07) is 7.94. The number of nitrogens with zero attached hydrogens (tertiary/aromatic N) is 4. The molecular weight excluding hydrogens is 547 g/mol. The molecule has 0 saturated heterocycles. The minimum atomic E-state index is 0. The van der Waals surface area contributed by atoms with Gasteiger partial charge in [-0.15, -0.1) is 24.0 Å². The third kappa shape index (κ3) is 7.29. The second-order valence-electron chi connectivity index (χ2n) is 6.72. The zero-order chi connectivity index (χ0) is 20.7. The van der Waals surface area contributed by atoms with Gasteiger partial charge in [-0.25, -0.2) is 0 Å². The van der Waals surface area contributed by atoms with Crippen molar-refractivity contribution >= 4 is 51.8 Å². The van der Waals surface area contributed by atoms with Gasteiger partial charge >= 0.3 is 0 Å². The quantitative estimate of drug-likeness (QED) is 0.302. The van der Waals surface area contributed by atoms with Crippen LogP contribution in [0.2, 0.25) is 0 Å². The van der Waals surface area contributed by atoms with E-state index in [1.807, 2.05) is 56.9 Å². The van der Waals surface area contributed by atoms with Crippen LogP contribution in [0.4, 0.5) is 0 Å². The lowest BCUT2D eigenvalue weighted by Gasteiger charge is -2.19. The van der Waals surface area contributed by atoms with Gasteiger partial charge in [-0.3, -0.25) is 14.5 Å². The smallest absolute Gasteiger partial charge is 0.224 e. The van der Waals surface area contributed by atoms with E-state index >= 15 is 0 Å². The molecule has 2 aromatic rings. The summed E-state index contributed by atoms with van der Waals surface area (Å²) in [5.41, 5.74) is 4.39. The van der Waals surface area contributed by atoms with Crippen molar-refractivity contribution in [2.45, 2.75) is 33.4 Å². The molecule has 29 heavy (non-hydrogen) atoms. The summed E-state index contributed by atoms with van der Waals surface area (Å²) in [6.07, 6.45) is 0.395. The Morgan fingerprint density at radius 2 is 1.97 bits per heavy atom. The van der Waals surface area contributed by atoms with Crippen LogP contribution >= 0.6 is 39.9 Å². The van der Waals surface area contributed by atoms with E-state index in [0.29, 0.717) is 32.0 Å². The Balaban J connectivity index is 0.00000420. The van der Waals surface area contributed by atoms with Crippen LogP contribution in [-0.4, -0.2) is 47.2 Å². The molecule has 0 atom stereocenters. The molecule has 0 aliphatic carbocycles. The fraction of sp³-hybridized carbons (Fsp3) is 0.450. The second-order valence-corrected chi connectivity index (χ2v) is 7.57. The summed E-state index contributed by atoms with van der Waals surface area (Å²) in [5.74, 6) is 0.751. The Hall–Kier alpha value is -1.62. The highest BCUT2D eigenvalue weighted by molar-refractivity contribution is 14.0. The number of halogens is 2. The van der Waals surface area contributed by atoms with Crippen LogP contribution in [0.15, 0.2) is 33.7 Å². The molecule has 0 saturated carbocycles. The second kappa shape index (κ2) is 12.2. The van der Waals surface area contributed by atoms with Gasteiger partial charge in [0, 0.05) is 62.9 Å². The topological polar surface area (TPSA) is 74.6 Å². The SMILES string of the molecule is CN=C(NCCC(=O)N(C)Cc1ccccc1Br)NCc1c(C)nn(C)c1C.I. The number of aliphatic imine (C=N–C) groups is 1. The maximum atomic E-state index is 12.4. The van der Waals surface area contributed by atoms with Crippen molar-refractivity contribution in [3.63, 3.8) is 0 Å². The van der Waals surface area contributed by atoms with Crippen molar-refractivity contribution in [2.24, 2.45) is 12.0 Å². The minimum absolute atomic E-state index is 0. The molecule has 2 N–H and O–H groups in total. The number of aromatic nitrogens is 2. The van der Waals surface area contributed by atoms with Gasteiger partial charge in [0.05, 0.1) is 5.69 Å². The number of aryl methyl sites for hydroxylation is 2. The summed E-state index contributed by atoms with van der Waals surface area (Å²) >= 11 is 3.52. The highest BCUT2D eigenvalue weighted by Crippen LogP contribution is 2.17. The average molecular weight is 577 g/mol. The van der Waals surface area contributed by atoms with Gasteiger partial charge in [0.1, 0.15) is 0 Å². The van der Waals surface area contributed by atoms with Crippen LogP contribution in [0.1, 0.15) is 28.9 Å². The van der Waals surface area contributed by atoms with Crippen LogP contribution in [0.25, 0.3) is 0 Å². The molecule has 1 aromatic heterocycles. The van der Waals surface area contributed by atoms with Crippen molar-refractivity contribution in [1.82, 2.24) is 25.3 Å². The molecule has 0 spiro atoms. The average Bonchev–Trinajstić information content (AvgIpc) is 2.91. The number of hydrogen-bond donors (Lipinski definition) is 2. The van der Waals surface area contributed by atoms with Gasteiger partial charge in [0.15, 0.2) is 5.96 Å². The molecule has 1 heterocycles. The standard InChI is InChI=1S/C20H29BrN6O.HI/c1-14-17(15(2)27(5)25-14)12-24-20(22-3)23-11-10-19(28)26(4)13-16-8-6-7-9-18(16)21;/h6-9H,10-13H2,1-5H3,(H2,22,23,24);1H. The normalized spacial score (nSPS) is 11.0. The lowest BCUT2D eigenvalue weighted by molar-refractivity contribution is -0.130. The number of carbonyl (C=O) groups is 1. The molecule has 7 nitrogen and oxygen atoms in total. The third-order valence-corrected chi connectivity index (χ3v) is 5.51. The maximum absolute atomic E-state index is 12.4. The zero-order valence-corrected chi connectivity index (χ0v) is 21.5. The maximum Gasteiger partial charge on any atom is 0.224 e. The van der Waals surface area contributed by atoms with Crippen molar-refractivity contribution in [3.8, 4) is 0 Å². The summed E-state index contributed by atoms with van der Waals surface area (Å²) in [5, 5.41) is 10.9. The van der Waals surface area contributed by atoms with Gasteiger partial charge in [-0.2, -0.15) is 5.10 Å². The number of nitrogens with one attached hydrogen (secondary N) is 2. The van der Waals surface area contributed by atoms with E-state index in [-0.39, 0.29) is 29.9 Å². The Labute approximate surface area is 198 Å². The summed E-state index contributed by atoms with van der Waals surface area (Å²) in [6.45, 7) is 5.78. The molecule has 0 aliphatic rings. The van der Waals surface area contributed by atoms with Crippen molar-refractivity contribution in [1.29, 1.82) is 0 Å². The molecule has 0 aliphatic heterocycles. The van der Waals surface area contributed by atoms with Gasteiger partial charge in [-0.1, -0.05) is 34.1 Å². The number of rotatable bonds is 7. The molecule has 0 radical (unpaired) electrons. The van der Waals surface area contributed by atoms with E-state index in [1.54, 1.807) is 11.9 Å². The van der Waals surface area contributed by atoms with Crippen molar-refractivity contribution in [2.75, 3.05) is 20.6 Å². The predicted molar refractivity (Wildman–Crippen MR) is 132 cm³/mol. The van der Waals surface area contributed by atoms with Crippen LogP contribution < -0.4 is 10.6 Å². The highest BCUT2D eigenvalue weighted by atomic mass is 127. The summed E-state index contributed by atoms with van der Waals surface area (Å²) in [4.78, 5) is 18.4. The van der Waals surface area contributed by atoms with Gasteiger partial charge < -0.3 is 15.5 Å². The number of guanidine groups is 1. The van der Waals surface area contributed by atoms with Crippen molar-refractivity contribution in [3.05, 3.63) is 51.3 Å². The van der Waals surface area contributed by atoms with Crippen LogP contribution in [0.3, 0.4) is 0 Å². The fourth-order valence-electron chi connectivity index (χ4n) is 2.92. The fourth-order valence-corrected chi connectivity index (χ4v) is 3.33. The minimum Gasteiger partial charge on any atom is -0.356 e. The van der Waals surface area contributed by atoms with Crippen molar-refractivity contribution < 1.29 is 4.79 Å².